The molecule has 368 valence electrons. The predicted molar refractivity (Wildman–Crippen MR) is 259 cm³/mol. The van der Waals surface area contributed by atoms with E-state index in [9.17, 15) is 0 Å². The third kappa shape index (κ3) is 16.8. The van der Waals surface area contributed by atoms with Crippen molar-refractivity contribution in [3.63, 3.8) is 0 Å². The molecule has 0 aromatic heterocycles. The maximum absolute atomic E-state index is 6.40. The second kappa shape index (κ2) is 19.7. The van der Waals surface area contributed by atoms with E-state index in [2.05, 4.69) is 156 Å². The summed E-state index contributed by atoms with van der Waals surface area (Å²) in [5.74, 6) is 2.67. The van der Waals surface area contributed by atoms with Crippen LogP contribution in [-0.2, 0) is 25.4 Å². The first-order valence-electron chi connectivity index (χ1n) is 24.3. The van der Waals surface area contributed by atoms with Gasteiger partial charge in [0.25, 0.3) is 0 Å². The Morgan fingerprint density at radius 1 is 0.323 bits per heavy atom. The normalized spacial score (nSPS) is 24.9. The molecule has 4 aliphatic rings. The Balaban J connectivity index is 1.20. The largest absolute Gasteiger partial charge is 0.467 e. The first kappa shape index (κ1) is 51.7. The molecule has 2 aromatic carbocycles. The third-order valence-corrected chi connectivity index (χ3v) is 13.0. The molecule has 6 rings (SSSR count). The SMILES string of the molecule is CC1(C)CC(OCOc2cc(Cc3cc(OCOC4CC(C)(C)NC(C)(C)C4)cc(OCOC4CC(C)(C)NC(C)(C)C4)c3)cc(OCOC3CC(C)(C)NC(C)(C)C3)c2)CC(C)(C)N1. The quantitative estimate of drug-likeness (QED) is 0.107. The van der Waals surface area contributed by atoms with Crippen LogP contribution >= 0.6 is 0 Å². The summed E-state index contributed by atoms with van der Waals surface area (Å²) in [5, 5.41) is 15.0. The summed E-state index contributed by atoms with van der Waals surface area (Å²) < 4.78 is 51.1. The summed E-state index contributed by atoms with van der Waals surface area (Å²) in [7, 11) is 0. The van der Waals surface area contributed by atoms with Crippen molar-refractivity contribution in [3.05, 3.63) is 47.5 Å². The van der Waals surface area contributed by atoms with E-state index in [0.717, 1.165) is 62.5 Å². The Morgan fingerprint density at radius 3 is 0.692 bits per heavy atom. The zero-order chi connectivity index (χ0) is 47.7. The van der Waals surface area contributed by atoms with Gasteiger partial charge in [-0.15, -0.1) is 0 Å². The first-order chi connectivity index (χ1) is 29.9. The average molecular weight is 909 g/mol. The second-order valence-electron chi connectivity index (χ2n) is 25.2. The molecule has 0 aliphatic carbocycles. The molecular formula is C53H88N4O8. The zero-order valence-electron chi connectivity index (χ0n) is 43.2. The maximum atomic E-state index is 6.40. The summed E-state index contributed by atoms with van der Waals surface area (Å²) in [6.45, 7) is 36.2. The van der Waals surface area contributed by atoms with E-state index in [-0.39, 0.29) is 95.9 Å². The van der Waals surface area contributed by atoms with Crippen LogP contribution in [0.2, 0.25) is 0 Å². The number of piperidine rings is 4. The highest BCUT2D eigenvalue weighted by molar-refractivity contribution is 5.44. The van der Waals surface area contributed by atoms with Gasteiger partial charge in [0.15, 0.2) is 27.2 Å². The van der Waals surface area contributed by atoms with Crippen LogP contribution in [0.15, 0.2) is 36.4 Å². The summed E-state index contributed by atoms with van der Waals surface area (Å²) >= 11 is 0. The topological polar surface area (TPSA) is 122 Å². The van der Waals surface area contributed by atoms with Crippen molar-refractivity contribution in [2.45, 2.75) is 237 Å². The van der Waals surface area contributed by atoms with Crippen LogP contribution < -0.4 is 40.2 Å². The Hall–Kier alpha value is -2.68. The third-order valence-electron chi connectivity index (χ3n) is 13.0. The Morgan fingerprint density at radius 2 is 0.508 bits per heavy atom. The molecule has 65 heavy (non-hydrogen) atoms. The lowest BCUT2D eigenvalue weighted by Crippen LogP contribution is -2.59. The van der Waals surface area contributed by atoms with Gasteiger partial charge in [0, 0.05) is 56.4 Å². The number of hydrogen-bond donors (Lipinski definition) is 4. The number of benzene rings is 2. The summed E-state index contributed by atoms with van der Waals surface area (Å²) in [6.07, 6.45) is 8.04. The van der Waals surface area contributed by atoms with E-state index >= 15 is 0 Å². The van der Waals surface area contributed by atoms with E-state index in [0.29, 0.717) is 29.4 Å². The Labute approximate surface area is 393 Å². The fourth-order valence-corrected chi connectivity index (χ4v) is 12.2. The van der Waals surface area contributed by atoms with Gasteiger partial charge in [-0.1, -0.05) is 0 Å². The van der Waals surface area contributed by atoms with Crippen LogP contribution in [0, 0.1) is 0 Å². The van der Waals surface area contributed by atoms with Crippen molar-refractivity contribution < 1.29 is 37.9 Å². The molecule has 4 saturated heterocycles. The molecule has 4 fully saturated rings. The molecule has 0 bridgehead atoms. The number of hydrogen-bond acceptors (Lipinski definition) is 12. The van der Waals surface area contributed by atoms with Crippen molar-refractivity contribution >= 4 is 0 Å². The molecule has 4 heterocycles. The highest BCUT2D eigenvalue weighted by atomic mass is 16.7. The molecule has 0 unspecified atom stereocenters. The molecule has 2 aromatic rings. The minimum Gasteiger partial charge on any atom is -0.467 e. The van der Waals surface area contributed by atoms with Crippen LogP contribution in [-0.4, -0.2) is 95.9 Å². The fraction of sp³-hybridized carbons (Fsp3) is 0.774. The Bertz CT molecular complexity index is 1570. The van der Waals surface area contributed by atoms with E-state index < -0.39 is 0 Å². The minimum absolute atomic E-state index is 0.0341. The fourth-order valence-electron chi connectivity index (χ4n) is 12.2. The monoisotopic (exact) mass is 909 g/mol. The van der Waals surface area contributed by atoms with Gasteiger partial charge in [-0.3, -0.25) is 0 Å². The first-order valence-corrected chi connectivity index (χ1v) is 24.3. The Kier molecular flexibility index (Phi) is 15.7. The molecule has 0 atom stereocenters. The average Bonchev–Trinajstić information content (AvgIpc) is 3.06. The maximum Gasteiger partial charge on any atom is 0.189 e. The lowest BCUT2D eigenvalue weighted by molar-refractivity contribution is -0.0795. The molecule has 4 N–H and O–H groups in total. The molecule has 12 heteroatoms. The molecular weight excluding hydrogens is 821 g/mol. The van der Waals surface area contributed by atoms with E-state index in [1.807, 2.05) is 12.1 Å². The standard InChI is InChI=1S/C53H88N4O8/c1-46(2)24-42(25-47(3,4)54-46)62-32-58-38-18-36(19-39(22-38)59-33-63-43-26-48(5,6)55-49(7,8)27-43)17-37-20-40(60-34-64-44-28-50(9,10)56-51(11,12)29-44)23-41(21-37)61-35-65-45-30-52(13,14)57-53(15,16)31-45/h18-23,42-45,54-57H,17,24-35H2,1-16H3. The van der Waals surface area contributed by atoms with Crippen LogP contribution in [0.1, 0.15) is 173 Å². The molecule has 0 saturated carbocycles. The summed E-state index contributed by atoms with van der Waals surface area (Å²) in [5.41, 5.74) is 1.73. The molecule has 12 nitrogen and oxygen atoms in total. The number of ether oxygens (including phenoxy) is 8. The summed E-state index contributed by atoms with van der Waals surface area (Å²) in [6, 6.07) is 12.1. The van der Waals surface area contributed by atoms with Gasteiger partial charge in [0.1, 0.15) is 23.0 Å². The van der Waals surface area contributed by atoms with Gasteiger partial charge in [0.2, 0.25) is 0 Å². The molecule has 0 amide bonds. The summed E-state index contributed by atoms with van der Waals surface area (Å²) in [4.78, 5) is 0. The van der Waals surface area contributed by atoms with Gasteiger partial charge in [-0.2, -0.15) is 0 Å². The van der Waals surface area contributed by atoms with Crippen molar-refractivity contribution in [2.75, 3.05) is 27.2 Å². The van der Waals surface area contributed by atoms with Crippen LogP contribution in [0.4, 0.5) is 0 Å². The van der Waals surface area contributed by atoms with E-state index in [1.165, 1.54) is 0 Å². The van der Waals surface area contributed by atoms with Gasteiger partial charge in [-0.05, 0) is 204 Å². The highest BCUT2D eigenvalue weighted by Crippen LogP contribution is 2.36. The molecule has 4 aliphatic heterocycles. The highest BCUT2D eigenvalue weighted by Gasteiger charge is 2.41. The predicted octanol–water partition coefficient (Wildman–Crippen LogP) is 9.93. The zero-order valence-corrected chi connectivity index (χ0v) is 43.2. The van der Waals surface area contributed by atoms with Crippen molar-refractivity contribution in [2.24, 2.45) is 0 Å². The van der Waals surface area contributed by atoms with Gasteiger partial charge >= 0.3 is 0 Å². The van der Waals surface area contributed by atoms with Crippen LogP contribution in [0.25, 0.3) is 0 Å². The molecule has 0 radical (unpaired) electrons. The number of nitrogens with one attached hydrogen (secondary N) is 4. The smallest absolute Gasteiger partial charge is 0.189 e. The van der Waals surface area contributed by atoms with Crippen molar-refractivity contribution in [1.29, 1.82) is 0 Å². The van der Waals surface area contributed by atoms with E-state index in [4.69, 9.17) is 37.9 Å². The van der Waals surface area contributed by atoms with Crippen LogP contribution in [0.3, 0.4) is 0 Å². The van der Waals surface area contributed by atoms with E-state index in [1.54, 1.807) is 0 Å². The van der Waals surface area contributed by atoms with Crippen molar-refractivity contribution in [3.8, 4) is 23.0 Å². The van der Waals surface area contributed by atoms with Gasteiger partial charge in [-0.25, -0.2) is 0 Å². The lowest BCUT2D eigenvalue weighted by atomic mass is 9.81. The lowest BCUT2D eigenvalue weighted by Gasteiger charge is -2.46. The minimum atomic E-state index is -0.0341. The van der Waals surface area contributed by atoms with Crippen LogP contribution in [0.5, 0.6) is 23.0 Å². The second-order valence-corrected chi connectivity index (χ2v) is 25.2. The number of rotatable bonds is 18. The molecule has 0 spiro atoms. The van der Waals surface area contributed by atoms with Gasteiger partial charge in [0.05, 0.1) is 24.4 Å². The van der Waals surface area contributed by atoms with Crippen molar-refractivity contribution in [1.82, 2.24) is 21.3 Å². The van der Waals surface area contributed by atoms with Gasteiger partial charge < -0.3 is 59.2 Å².